The molecule has 5 rings (SSSR count). The van der Waals surface area contributed by atoms with Crippen molar-refractivity contribution in [1.29, 1.82) is 0 Å². The van der Waals surface area contributed by atoms with Gasteiger partial charge in [-0.25, -0.2) is 0 Å². The number of fused-ring (bicyclic) bond motifs is 1. The summed E-state index contributed by atoms with van der Waals surface area (Å²) in [7, 11) is 1.78. The molecule has 0 amide bonds. The van der Waals surface area contributed by atoms with E-state index < -0.39 is 0 Å². The number of hydrogen-bond donors (Lipinski definition) is 0. The Morgan fingerprint density at radius 3 is 2.00 bits per heavy atom. The highest BCUT2D eigenvalue weighted by atomic mass is 16.6. The number of carbonyl (C=O) groups excluding carboxylic acids is 1. The number of rotatable bonds is 5. The molecule has 0 atom stereocenters. The number of ketones is 1. The summed E-state index contributed by atoms with van der Waals surface area (Å²) in [5.74, 6) is -0.239. The summed E-state index contributed by atoms with van der Waals surface area (Å²) >= 11 is 0. The van der Waals surface area contributed by atoms with E-state index in [2.05, 4.69) is 0 Å². The summed E-state index contributed by atoms with van der Waals surface area (Å²) in [5, 5.41) is 14.4. The molecule has 5 nitrogen and oxygen atoms in total. The minimum atomic E-state index is -0.371. The van der Waals surface area contributed by atoms with Crippen molar-refractivity contribution in [1.82, 2.24) is 0 Å². The lowest BCUT2D eigenvalue weighted by molar-refractivity contribution is -0.669. The van der Waals surface area contributed by atoms with Gasteiger partial charge in [0.25, 0.3) is 5.69 Å². The standard InChI is InChI=1S/C30H23N2O3/c1-20-26(30(33)25-19-11-17-21-12-9-10-18-24(21)25)27(22-13-5-3-6-14-22)29(32(34)35)28(31(20)2)23-15-7-4-8-16-23/h3-19H,1-2H3/q+1. The molecule has 0 saturated heterocycles. The Morgan fingerprint density at radius 1 is 0.771 bits per heavy atom. The van der Waals surface area contributed by atoms with E-state index in [1.807, 2.05) is 104 Å². The highest BCUT2D eigenvalue weighted by molar-refractivity contribution is 6.20. The van der Waals surface area contributed by atoms with E-state index in [4.69, 9.17) is 0 Å². The summed E-state index contributed by atoms with van der Waals surface area (Å²) in [6.45, 7) is 1.85. The lowest BCUT2D eigenvalue weighted by Crippen LogP contribution is -2.38. The summed E-state index contributed by atoms with van der Waals surface area (Å²) in [4.78, 5) is 26.5. The van der Waals surface area contributed by atoms with Crippen molar-refractivity contribution in [3.63, 3.8) is 0 Å². The van der Waals surface area contributed by atoms with E-state index >= 15 is 0 Å². The van der Waals surface area contributed by atoms with Crippen LogP contribution in [0, 0.1) is 17.0 Å². The van der Waals surface area contributed by atoms with Gasteiger partial charge in [-0.2, -0.15) is 4.57 Å². The van der Waals surface area contributed by atoms with Crippen LogP contribution in [0.15, 0.2) is 103 Å². The Balaban J connectivity index is 1.92. The fraction of sp³-hybridized carbons (Fsp3) is 0.0667. The van der Waals surface area contributed by atoms with E-state index in [0.29, 0.717) is 39.2 Å². The third-order valence-corrected chi connectivity index (χ3v) is 6.47. The summed E-state index contributed by atoms with van der Waals surface area (Å²) in [5.41, 5.74) is 3.57. The van der Waals surface area contributed by atoms with Gasteiger partial charge in [-0.3, -0.25) is 14.9 Å². The molecule has 5 heteroatoms. The predicted molar refractivity (Wildman–Crippen MR) is 137 cm³/mol. The molecule has 0 N–H and O–H groups in total. The summed E-state index contributed by atoms with van der Waals surface area (Å²) in [6, 6.07) is 31.7. The van der Waals surface area contributed by atoms with Gasteiger partial charge in [0.2, 0.25) is 5.78 Å². The van der Waals surface area contributed by atoms with E-state index in [1.165, 1.54) is 0 Å². The molecule has 170 valence electrons. The second-order valence-corrected chi connectivity index (χ2v) is 8.44. The Labute approximate surface area is 203 Å². The topological polar surface area (TPSA) is 64.1 Å². The van der Waals surface area contributed by atoms with Crippen LogP contribution < -0.4 is 4.57 Å². The average Bonchev–Trinajstić information content (AvgIpc) is 2.90. The van der Waals surface area contributed by atoms with Crippen molar-refractivity contribution in [3.05, 3.63) is 130 Å². The Hall–Kier alpha value is -4.64. The van der Waals surface area contributed by atoms with Crippen LogP contribution in [0.3, 0.4) is 0 Å². The SMILES string of the molecule is Cc1c(C(=O)c2cccc3ccccc23)c(-c2ccccc2)c([N+](=O)[O-])c(-c2ccccc2)[n+]1C. The molecule has 0 saturated carbocycles. The van der Waals surface area contributed by atoms with Crippen LogP contribution in [0.25, 0.3) is 33.2 Å². The van der Waals surface area contributed by atoms with Crippen LogP contribution in [-0.4, -0.2) is 10.7 Å². The van der Waals surface area contributed by atoms with Crippen LogP contribution in [0.5, 0.6) is 0 Å². The molecule has 4 aromatic carbocycles. The Kier molecular flexibility index (Phi) is 5.67. The van der Waals surface area contributed by atoms with Crippen LogP contribution >= 0.6 is 0 Å². The molecular formula is C30H23N2O3+. The zero-order valence-corrected chi connectivity index (χ0v) is 19.4. The van der Waals surface area contributed by atoms with Crippen molar-refractivity contribution < 1.29 is 14.3 Å². The monoisotopic (exact) mass is 459 g/mol. The molecule has 0 spiro atoms. The number of nitro groups is 1. The van der Waals surface area contributed by atoms with Crippen molar-refractivity contribution in [2.24, 2.45) is 7.05 Å². The third kappa shape index (κ3) is 3.77. The third-order valence-electron chi connectivity index (χ3n) is 6.47. The molecule has 0 radical (unpaired) electrons. The van der Waals surface area contributed by atoms with Gasteiger partial charge < -0.3 is 0 Å². The molecule has 1 heterocycles. The lowest BCUT2D eigenvalue weighted by atomic mass is 9.88. The van der Waals surface area contributed by atoms with Crippen LogP contribution in [0.4, 0.5) is 5.69 Å². The van der Waals surface area contributed by atoms with E-state index in [0.717, 1.165) is 10.8 Å². The smallest absolute Gasteiger partial charge is 0.288 e. The maximum Gasteiger partial charge on any atom is 0.349 e. The van der Waals surface area contributed by atoms with Crippen LogP contribution in [-0.2, 0) is 7.05 Å². The minimum absolute atomic E-state index is 0.0842. The quantitative estimate of drug-likeness (QED) is 0.131. The maximum absolute atomic E-state index is 14.2. The first-order valence-corrected chi connectivity index (χ1v) is 11.3. The van der Waals surface area contributed by atoms with Crippen molar-refractivity contribution >= 4 is 22.2 Å². The second kappa shape index (κ2) is 8.95. The van der Waals surface area contributed by atoms with E-state index in [-0.39, 0.29) is 16.4 Å². The molecule has 0 aliphatic rings. The number of nitrogens with zero attached hydrogens (tertiary/aromatic N) is 2. The first-order valence-electron chi connectivity index (χ1n) is 11.3. The zero-order chi connectivity index (χ0) is 24.5. The first-order chi connectivity index (χ1) is 17.0. The Bertz CT molecular complexity index is 1590. The van der Waals surface area contributed by atoms with Gasteiger partial charge in [-0.15, -0.1) is 0 Å². The van der Waals surface area contributed by atoms with E-state index in [9.17, 15) is 14.9 Å². The highest BCUT2D eigenvalue weighted by Gasteiger charge is 2.38. The minimum Gasteiger partial charge on any atom is -0.288 e. The molecule has 35 heavy (non-hydrogen) atoms. The number of carbonyl (C=O) groups is 1. The average molecular weight is 460 g/mol. The van der Waals surface area contributed by atoms with Gasteiger partial charge in [0, 0.05) is 12.5 Å². The number of benzene rings is 4. The van der Waals surface area contributed by atoms with Gasteiger partial charge in [-0.05, 0) is 28.5 Å². The second-order valence-electron chi connectivity index (χ2n) is 8.44. The lowest BCUT2D eigenvalue weighted by Gasteiger charge is -2.15. The van der Waals surface area contributed by atoms with Gasteiger partial charge in [0.15, 0.2) is 5.69 Å². The highest BCUT2D eigenvalue weighted by Crippen LogP contribution is 2.41. The van der Waals surface area contributed by atoms with Crippen molar-refractivity contribution in [2.45, 2.75) is 6.92 Å². The van der Waals surface area contributed by atoms with Gasteiger partial charge >= 0.3 is 5.69 Å². The molecule has 0 aliphatic heterocycles. The zero-order valence-electron chi connectivity index (χ0n) is 19.4. The largest absolute Gasteiger partial charge is 0.349 e. The Morgan fingerprint density at radius 2 is 1.34 bits per heavy atom. The molecule has 0 bridgehead atoms. The fourth-order valence-corrected chi connectivity index (χ4v) is 4.74. The maximum atomic E-state index is 14.2. The first kappa shape index (κ1) is 22.2. The fourth-order valence-electron chi connectivity index (χ4n) is 4.74. The van der Waals surface area contributed by atoms with Gasteiger partial charge in [0.05, 0.1) is 16.1 Å². The number of pyridine rings is 1. The molecule has 0 fully saturated rings. The molecular weight excluding hydrogens is 436 g/mol. The van der Waals surface area contributed by atoms with E-state index in [1.54, 1.807) is 17.7 Å². The van der Waals surface area contributed by atoms with Gasteiger partial charge in [0.1, 0.15) is 12.6 Å². The van der Waals surface area contributed by atoms with Crippen molar-refractivity contribution in [2.75, 3.05) is 0 Å². The summed E-state index contributed by atoms with van der Waals surface area (Å²) in [6.07, 6.45) is 0. The van der Waals surface area contributed by atoms with Crippen LogP contribution in [0.1, 0.15) is 21.6 Å². The number of hydrogen-bond acceptors (Lipinski definition) is 3. The normalized spacial score (nSPS) is 10.9. The van der Waals surface area contributed by atoms with Gasteiger partial charge in [-0.1, -0.05) is 91.0 Å². The molecule has 0 unspecified atom stereocenters. The molecule has 1 aromatic heterocycles. The number of aromatic nitrogens is 1. The van der Waals surface area contributed by atoms with Crippen molar-refractivity contribution in [3.8, 4) is 22.4 Å². The predicted octanol–water partition coefficient (Wildman–Crippen LogP) is 6.45. The molecule has 0 aliphatic carbocycles. The molecule has 5 aromatic rings. The summed E-state index contributed by atoms with van der Waals surface area (Å²) < 4.78 is 1.76. The van der Waals surface area contributed by atoms with Crippen LogP contribution in [0.2, 0.25) is 0 Å².